The molecule has 0 amide bonds. The highest BCUT2D eigenvalue weighted by atomic mass is 19.1. The fourth-order valence-electron chi connectivity index (χ4n) is 2.67. The number of benzene rings is 2. The summed E-state index contributed by atoms with van der Waals surface area (Å²) < 4.78 is 26.4. The summed E-state index contributed by atoms with van der Waals surface area (Å²) in [6, 6.07) is 12.3. The van der Waals surface area contributed by atoms with Gasteiger partial charge in [0.25, 0.3) is 0 Å². The maximum atomic E-state index is 14.6. The van der Waals surface area contributed by atoms with Gasteiger partial charge in [-0.25, -0.2) is 4.39 Å². The Bertz CT molecular complexity index is 835. The van der Waals surface area contributed by atoms with Crippen LogP contribution in [0, 0.1) is 5.82 Å². The summed E-state index contributed by atoms with van der Waals surface area (Å²) in [6.45, 7) is 7.76. The third-order valence-electron chi connectivity index (χ3n) is 5.14. The summed E-state index contributed by atoms with van der Waals surface area (Å²) in [5, 5.41) is 8.30. The predicted molar refractivity (Wildman–Crippen MR) is 107 cm³/mol. The number of hydrogen-bond acceptors (Lipinski definition) is 5. The van der Waals surface area contributed by atoms with Crippen molar-refractivity contribution < 1.29 is 13.7 Å². The van der Waals surface area contributed by atoms with E-state index in [-0.39, 0.29) is 0 Å². The summed E-state index contributed by atoms with van der Waals surface area (Å²) in [5.41, 5.74) is 1.55. The van der Waals surface area contributed by atoms with E-state index in [0.29, 0.717) is 16.8 Å². The van der Waals surface area contributed by atoms with Crippen LogP contribution in [0.15, 0.2) is 52.7 Å². The molecule has 1 heterocycles. The first kappa shape index (κ1) is 19.5. The molecule has 142 valence electrons. The quantitative estimate of drug-likeness (QED) is 0.584. The van der Waals surface area contributed by atoms with E-state index in [0.717, 1.165) is 5.69 Å². The van der Waals surface area contributed by atoms with Gasteiger partial charge in [0.15, 0.2) is 0 Å². The van der Waals surface area contributed by atoms with Crippen LogP contribution < -0.4 is 10.4 Å². The van der Waals surface area contributed by atoms with Gasteiger partial charge in [0.1, 0.15) is 5.82 Å². The highest BCUT2D eigenvalue weighted by molar-refractivity contribution is 6.62. The van der Waals surface area contributed by atoms with Crippen LogP contribution in [-0.4, -0.2) is 32.4 Å². The minimum absolute atomic E-state index is 0.364. The zero-order chi connectivity index (χ0) is 19.8. The van der Waals surface area contributed by atoms with Crippen LogP contribution in [0.3, 0.4) is 0 Å². The lowest BCUT2D eigenvalue weighted by atomic mass is 9.78. The lowest BCUT2D eigenvalue weighted by molar-refractivity contribution is 0.00578. The minimum Gasteiger partial charge on any atom is -0.399 e. The van der Waals surface area contributed by atoms with Crippen LogP contribution in [0.1, 0.15) is 27.7 Å². The van der Waals surface area contributed by atoms with Crippen LogP contribution in [-0.2, 0) is 9.31 Å². The van der Waals surface area contributed by atoms with Gasteiger partial charge in [0.05, 0.1) is 22.6 Å². The number of rotatable bonds is 4. The second kappa shape index (κ2) is 7.05. The molecule has 3 rings (SSSR count). The van der Waals surface area contributed by atoms with Crippen molar-refractivity contribution in [3.05, 3.63) is 48.3 Å². The molecule has 0 saturated carbocycles. The third-order valence-corrected chi connectivity index (χ3v) is 5.14. The van der Waals surface area contributed by atoms with Gasteiger partial charge in [-0.2, -0.15) is 10.2 Å². The molecule has 0 unspecified atom stereocenters. The molecular weight excluding hydrogens is 344 g/mol. The average Bonchev–Trinajstić information content (AvgIpc) is 2.81. The van der Waals surface area contributed by atoms with Crippen LogP contribution in [0.4, 0.5) is 21.5 Å². The molecule has 0 radical (unpaired) electrons. The fourth-order valence-corrected chi connectivity index (χ4v) is 2.67. The highest BCUT2D eigenvalue weighted by Crippen LogP contribution is 2.36. The van der Waals surface area contributed by atoms with Crippen molar-refractivity contribution in [2.24, 2.45) is 10.2 Å². The van der Waals surface area contributed by atoms with Gasteiger partial charge >= 0.3 is 7.12 Å². The molecule has 1 aliphatic heterocycles. The first-order valence-electron chi connectivity index (χ1n) is 8.93. The van der Waals surface area contributed by atoms with Crippen molar-refractivity contribution in [2.45, 2.75) is 38.9 Å². The Kier molecular flexibility index (Phi) is 5.10. The molecule has 0 bridgehead atoms. The SMILES string of the molecule is CN(C)c1ccc(/N=N/c2ccc(B3OC(C)(C)C(C)(C)O3)c(F)c2)cc1. The van der Waals surface area contributed by atoms with Gasteiger partial charge in [-0.05, 0) is 58.0 Å². The number of halogens is 1. The van der Waals surface area contributed by atoms with Gasteiger partial charge < -0.3 is 14.2 Å². The van der Waals surface area contributed by atoms with Crippen molar-refractivity contribution in [3.63, 3.8) is 0 Å². The van der Waals surface area contributed by atoms with Gasteiger partial charge in [-0.15, -0.1) is 0 Å². The second-order valence-corrected chi connectivity index (χ2v) is 7.90. The third kappa shape index (κ3) is 4.04. The van der Waals surface area contributed by atoms with Gasteiger partial charge in [-0.3, -0.25) is 0 Å². The molecule has 0 atom stereocenters. The monoisotopic (exact) mass is 369 g/mol. The predicted octanol–water partition coefficient (Wildman–Crippen LogP) is 4.61. The molecule has 0 aliphatic carbocycles. The molecule has 2 aromatic rings. The Hall–Kier alpha value is -2.25. The molecule has 1 saturated heterocycles. The zero-order valence-corrected chi connectivity index (χ0v) is 16.7. The molecule has 1 aliphatic rings. The summed E-state index contributed by atoms with van der Waals surface area (Å²) >= 11 is 0. The van der Waals surface area contributed by atoms with Gasteiger partial charge in [-0.1, -0.05) is 6.07 Å². The first-order valence-corrected chi connectivity index (χ1v) is 8.93. The summed E-state index contributed by atoms with van der Waals surface area (Å²) in [5.74, 6) is -0.423. The number of nitrogens with zero attached hydrogens (tertiary/aromatic N) is 3. The Morgan fingerprint density at radius 3 is 1.89 bits per heavy atom. The molecule has 7 heteroatoms. The molecule has 0 aromatic heterocycles. The van der Waals surface area contributed by atoms with Crippen LogP contribution in [0.2, 0.25) is 0 Å². The number of hydrogen-bond donors (Lipinski definition) is 0. The molecule has 0 spiro atoms. The van der Waals surface area contributed by atoms with E-state index < -0.39 is 24.1 Å². The topological polar surface area (TPSA) is 46.4 Å². The molecule has 5 nitrogen and oxygen atoms in total. The maximum absolute atomic E-state index is 14.6. The van der Waals surface area contributed by atoms with E-state index >= 15 is 0 Å². The minimum atomic E-state index is -0.737. The van der Waals surface area contributed by atoms with Gasteiger partial charge in [0, 0.05) is 31.3 Å². The standard InChI is InChI=1S/C20H25BFN3O2/c1-19(2)20(3,4)27-21(26-19)17-12-9-15(13-18(17)22)24-23-14-7-10-16(11-8-14)25(5)6/h7-13H,1-6H3/b24-23+. The zero-order valence-electron chi connectivity index (χ0n) is 16.7. The summed E-state index contributed by atoms with van der Waals surface area (Å²) in [6.07, 6.45) is 0. The van der Waals surface area contributed by atoms with Crippen LogP contribution >= 0.6 is 0 Å². The largest absolute Gasteiger partial charge is 0.497 e. The summed E-state index contributed by atoms with van der Waals surface area (Å²) in [4.78, 5) is 2.00. The van der Waals surface area contributed by atoms with Crippen molar-refractivity contribution in [2.75, 3.05) is 19.0 Å². The van der Waals surface area contributed by atoms with E-state index in [9.17, 15) is 4.39 Å². The maximum Gasteiger partial charge on any atom is 0.497 e. The number of azo groups is 1. The van der Waals surface area contributed by atoms with Crippen LogP contribution in [0.5, 0.6) is 0 Å². The Balaban J connectivity index is 1.75. The summed E-state index contributed by atoms with van der Waals surface area (Å²) in [7, 11) is 3.21. The van der Waals surface area contributed by atoms with Crippen molar-refractivity contribution in [1.29, 1.82) is 0 Å². The number of anilines is 1. The average molecular weight is 369 g/mol. The Morgan fingerprint density at radius 2 is 1.37 bits per heavy atom. The lowest BCUT2D eigenvalue weighted by Crippen LogP contribution is -2.41. The molecule has 0 N–H and O–H groups in total. The molecule has 1 fully saturated rings. The van der Waals surface area contributed by atoms with Crippen LogP contribution in [0.25, 0.3) is 0 Å². The van der Waals surface area contributed by atoms with Crippen molar-refractivity contribution in [1.82, 2.24) is 0 Å². The second-order valence-electron chi connectivity index (χ2n) is 7.90. The molecular formula is C20H25BFN3O2. The lowest BCUT2D eigenvalue weighted by Gasteiger charge is -2.32. The van der Waals surface area contributed by atoms with E-state index in [2.05, 4.69) is 10.2 Å². The van der Waals surface area contributed by atoms with E-state index in [4.69, 9.17) is 9.31 Å². The normalized spacial score (nSPS) is 18.3. The molecule has 27 heavy (non-hydrogen) atoms. The first-order chi connectivity index (χ1) is 12.6. The van der Waals surface area contributed by atoms with Crippen molar-refractivity contribution in [3.8, 4) is 0 Å². The highest BCUT2D eigenvalue weighted by Gasteiger charge is 2.52. The van der Waals surface area contributed by atoms with Gasteiger partial charge in [0.2, 0.25) is 0 Å². The smallest absolute Gasteiger partial charge is 0.399 e. The van der Waals surface area contributed by atoms with E-state index in [1.807, 2.05) is 71.0 Å². The Morgan fingerprint density at radius 1 is 0.852 bits per heavy atom. The Labute approximate surface area is 160 Å². The van der Waals surface area contributed by atoms with E-state index in [1.165, 1.54) is 6.07 Å². The molecule has 2 aromatic carbocycles. The fraction of sp³-hybridized carbons (Fsp3) is 0.400. The van der Waals surface area contributed by atoms with E-state index in [1.54, 1.807) is 12.1 Å². The van der Waals surface area contributed by atoms with Crippen molar-refractivity contribution >= 4 is 29.6 Å².